The van der Waals surface area contributed by atoms with Crippen molar-refractivity contribution in [3.05, 3.63) is 54.1 Å². The molecule has 0 aliphatic heterocycles. The fourth-order valence-electron chi connectivity index (χ4n) is 3.72. The Bertz CT molecular complexity index is 1030. The second-order valence-corrected chi connectivity index (χ2v) is 9.68. The van der Waals surface area contributed by atoms with E-state index in [2.05, 4.69) is 15.4 Å². The lowest BCUT2D eigenvalue weighted by atomic mass is 9.95. The van der Waals surface area contributed by atoms with Crippen molar-refractivity contribution in [1.82, 2.24) is 10.6 Å². The van der Waals surface area contributed by atoms with E-state index in [-0.39, 0.29) is 35.7 Å². The first kappa shape index (κ1) is 24.6. The second kappa shape index (κ2) is 11.7. The molecule has 3 N–H and O–H groups in total. The van der Waals surface area contributed by atoms with Crippen LogP contribution in [0, 0.1) is 0 Å². The van der Waals surface area contributed by atoms with E-state index in [9.17, 15) is 18.0 Å². The van der Waals surface area contributed by atoms with Crippen LogP contribution >= 0.6 is 0 Å². The summed E-state index contributed by atoms with van der Waals surface area (Å²) in [5.74, 6) is 0.223. The van der Waals surface area contributed by atoms with Crippen molar-refractivity contribution in [2.45, 2.75) is 56.4 Å². The van der Waals surface area contributed by atoms with Crippen molar-refractivity contribution in [3.63, 3.8) is 0 Å². The minimum Gasteiger partial charge on any atom is -0.494 e. The number of carbonyl (C=O) groups is 2. The number of hydrogen-bond donors (Lipinski definition) is 3. The lowest BCUT2D eigenvalue weighted by Crippen LogP contribution is -2.38. The number of ether oxygens (including phenoxy) is 1. The highest BCUT2D eigenvalue weighted by atomic mass is 32.2. The number of rotatable bonds is 10. The van der Waals surface area contributed by atoms with Gasteiger partial charge in [0.15, 0.2) is 0 Å². The monoisotopic (exact) mass is 473 g/mol. The standard InChI is InChI=1S/C24H31N3O5S/c1-2-32-21-12-14-22(15-13-21)33(30,31)27-20-10-8-18(9-11-20)24(29)25-17-16-23(28)26-19-6-4-3-5-7-19/h8-15,19,27H,2-7,16-17H2,1H3,(H,25,29)(H,26,28). The van der Waals surface area contributed by atoms with Gasteiger partial charge in [0.1, 0.15) is 5.75 Å². The summed E-state index contributed by atoms with van der Waals surface area (Å²) in [7, 11) is -3.76. The SMILES string of the molecule is CCOc1ccc(S(=O)(=O)Nc2ccc(C(=O)NCCC(=O)NC3CCCCC3)cc2)cc1. The molecule has 0 saturated heterocycles. The van der Waals surface area contributed by atoms with Crippen LogP contribution in [-0.2, 0) is 14.8 Å². The molecule has 9 heteroatoms. The minimum absolute atomic E-state index is 0.0544. The third-order valence-corrected chi connectivity index (χ3v) is 6.85. The molecule has 0 radical (unpaired) electrons. The molecular weight excluding hydrogens is 442 g/mol. The summed E-state index contributed by atoms with van der Waals surface area (Å²) >= 11 is 0. The summed E-state index contributed by atoms with van der Waals surface area (Å²) in [5, 5.41) is 5.75. The lowest BCUT2D eigenvalue weighted by molar-refractivity contribution is -0.121. The van der Waals surface area contributed by atoms with Gasteiger partial charge in [-0.1, -0.05) is 19.3 Å². The summed E-state index contributed by atoms with van der Waals surface area (Å²) in [6.07, 6.45) is 5.79. The van der Waals surface area contributed by atoms with E-state index in [1.807, 2.05) is 6.92 Å². The van der Waals surface area contributed by atoms with Crippen LogP contribution in [0.1, 0.15) is 55.8 Å². The first-order valence-electron chi connectivity index (χ1n) is 11.3. The van der Waals surface area contributed by atoms with E-state index in [1.165, 1.54) is 42.8 Å². The van der Waals surface area contributed by atoms with E-state index >= 15 is 0 Å². The maximum atomic E-state index is 12.6. The average Bonchev–Trinajstić information content (AvgIpc) is 2.80. The third kappa shape index (κ3) is 7.49. The third-order valence-electron chi connectivity index (χ3n) is 5.45. The molecule has 33 heavy (non-hydrogen) atoms. The number of anilines is 1. The number of amides is 2. The summed E-state index contributed by atoms with van der Waals surface area (Å²) in [6, 6.07) is 12.5. The number of carbonyl (C=O) groups excluding carboxylic acids is 2. The van der Waals surface area contributed by atoms with Gasteiger partial charge in [-0.25, -0.2) is 8.42 Å². The van der Waals surface area contributed by atoms with Crippen LogP contribution in [0.2, 0.25) is 0 Å². The Labute approximate surface area is 195 Å². The summed E-state index contributed by atoms with van der Waals surface area (Å²) < 4.78 is 33.0. The molecule has 1 fully saturated rings. The van der Waals surface area contributed by atoms with Gasteiger partial charge >= 0.3 is 0 Å². The van der Waals surface area contributed by atoms with Crippen LogP contribution in [-0.4, -0.2) is 39.4 Å². The maximum Gasteiger partial charge on any atom is 0.261 e. The Hall–Kier alpha value is -3.07. The molecule has 0 heterocycles. The Balaban J connectivity index is 1.47. The van der Waals surface area contributed by atoms with Crippen molar-refractivity contribution in [2.24, 2.45) is 0 Å². The van der Waals surface area contributed by atoms with Crippen molar-refractivity contribution in [3.8, 4) is 5.75 Å². The Kier molecular flexibility index (Phi) is 8.71. The highest BCUT2D eigenvalue weighted by molar-refractivity contribution is 7.92. The van der Waals surface area contributed by atoms with E-state index in [0.29, 0.717) is 23.6 Å². The molecule has 3 rings (SSSR count). The van der Waals surface area contributed by atoms with Gasteiger partial charge < -0.3 is 15.4 Å². The van der Waals surface area contributed by atoms with Gasteiger partial charge in [0.25, 0.3) is 15.9 Å². The van der Waals surface area contributed by atoms with Crippen LogP contribution in [0.4, 0.5) is 5.69 Å². The first-order valence-corrected chi connectivity index (χ1v) is 12.8. The van der Waals surface area contributed by atoms with Gasteiger partial charge in [0, 0.05) is 30.3 Å². The zero-order chi connectivity index (χ0) is 23.7. The van der Waals surface area contributed by atoms with Crippen molar-refractivity contribution in [2.75, 3.05) is 17.9 Å². The number of benzene rings is 2. The molecule has 8 nitrogen and oxygen atoms in total. The first-order chi connectivity index (χ1) is 15.9. The number of hydrogen-bond acceptors (Lipinski definition) is 5. The van der Waals surface area contributed by atoms with E-state index in [4.69, 9.17) is 4.74 Å². The molecule has 1 aliphatic rings. The predicted octanol–water partition coefficient (Wildman–Crippen LogP) is 3.45. The van der Waals surface area contributed by atoms with Crippen LogP contribution in [0.5, 0.6) is 5.75 Å². The van der Waals surface area contributed by atoms with Crippen LogP contribution in [0.25, 0.3) is 0 Å². The van der Waals surface area contributed by atoms with Gasteiger partial charge in [-0.15, -0.1) is 0 Å². The maximum absolute atomic E-state index is 12.6. The Morgan fingerprint density at radius 3 is 2.27 bits per heavy atom. The molecule has 0 unspecified atom stereocenters. The van der Waals surface area contributed by atoms with Gasteiger partial charge in [-0.3, -0.25) is 14.3 Å². The molecule has 2 amide bonds. The van der Waals surface area contributed by atoms with Crippen molar-refractivity contribution < 1.29 is 22.7 Å². The van der Waals surface area contributed by atoms with Gasteiger partial charge in [-0.05, 0) is 68.3 Å². The molecule has 0 bridgehead atoms. The van der Waals surface area contributed by atoms with Crippen molar-refractivity contribution in [1.29, 1.82) is 0 Å². The molecule has 0 aromatic heterocycles. The largest absolute Gasteiger partial charge is 0.494 e. The molecule has 0 spiro atoms. The quantitative estimate of drug-likeness (QED) is 0.489. The zero-order valence-electron chi connectivity index (χ0n) is 18.8. The molecule has 0 atom stereocenters. The topological polar surface area (TPSA) is 114 Å². The van der Waals surface area contributed by atoms with Gasteiger partial charge in [0.05, 0.1) is 11.5 Å². The fraction of sp³-hybridized carbons (Fsp3) is 0.417. The highest BCUT2D eigenvalue weighted by Crippen LogP contribution is 2.20. The van der Waals surface area contributed by atoms with E-state index in [0.717, 1.165) is 25.7 Å². The van der Waals surface area contributed by atoms with E-state index in [1.54, 1.807) is 12.1 Å². The predicted molar refractivity (Wildman–Crippen MR) is 127 cm³/mol. The van der Waals surface area contributed by atoms with Gasteiger partial charge in [-0.2, -0.15) is 0 Å². The lowest BCUT2D eigenvalue weighted by Gasteiger charge is -2.22. The second-order valence-electron chi connectivity index (χ2n) is 8.00. The summed E-state index contributed by atoms with van der Waals surface area (Å²) in [6.45, 7) is 2.59. The Morgan fingerprint density at radius 2 is 1.64 bits per heavy atom. The molecular formula is C24H31N3O5S. The smallest absolute Gasteiger partial charge is 0.261 e. The minimum atomic E-state index is -3.76. The van der Waals surface area contributed by atoms with Crippen LogP contribution < -0.4 is 20.1 Å². The molecule has 2 aromatic carbocycles. The number of nitrogens with one attached hydrogen (secondary N) is 3. The summed E-state index contributed by atoms with van der Waals surface area (Å²) in [4.78, 5) is 24.5. The van der Waals surface area contributed by atoms with Crippen LogP contribution in [0.3, 0.4) is 0 Å². The average molecular weight is 474 g/mol. The van der Waals surface area contributed by atoms with Crippen LogP contribution in [0.15, 0.2) is 53.4 Å². The van der Waals surface area contributed by atoms with Crippen molar-refractivity contribution >= 4 is 27.5 Å². The fourth-order valence-corrected chi connectivity index (χ4v) is 4.78. The normalized spacial score (nSPS) is 14.3. The number of sulfonamides is 1. The molecule has 1 aliphatic carbocycles. The zero-order valence-corrected chi connectivity index (χ0v) is 19.6. The Morgan fingerprint density at radius 1 is 0.970 bits per heavy atom. The molecule has 2 aromatic rings. The van der Waals surface area contributed by atoms with Gasteiger partial charge in [0.2, 0.25) is 5.91 Å². The highest BCUT2D eigenvalue weighted by Gasteiger charge is 2.16. The van der Waals surface area contributed by atoms with E-state index < -0.39 is 10.0 Å². The molecule has 178 valence electrons. The summed E-state index contributed by atoms with van der Waals surface area (Å²) in [5.41, 5.74) is 0.721. The molecule has 1 saturated carbocycles.